The first-order chi connectivity index (χ1) is 13.7. The number of aromatic hydroxyl groups is 1. The molecule has 0 aromatic heterocycles. The van der Waals surface area contributed by atoms with Crippen LogP contribution in [0, 0.1) is 0 Å². The van der Waals surface area contributed by atoms with Crippen LogP contribution in [0.2, 0.25) is 0 Å². The van der Waals surface area contributed by atoms with Crippen LogP contribution in [-0.2, 0) is 11.3 Å². The molecule has 0 aliphatic heterocycles. The number of nitrogens with one attached hydrogen (secondary N) is 3. The van der Waals surface area contributed by atoms with E-state index in [-0.39, 0.29) is 23.9 Å². The summed E-state index contributed by atoms with van der Waals surface area (Å²) in [5.74, 6) is 1.58. The van der Waals surface area contributed by atoms with Crippen LogP contribution in [0.25, 0.3) is 0 Å². The molecule has 29 heavy (non-hydrogen) atoms. The van der Waals surface area contributed by atoms with Gasteiger partial charge in [0, 0.05) is 31.2 Å². The number of carbonyl (C=O) groups is 1. The lowest BCUT2D eigenvalue weighted by Gasteiger charge is -2.31. The number of amides is 1. The van der Waals surface area contributed by atoms with Crippen molar-refractivity contribution in [1.82, 2.24) is 16.0 Å². The van der Waals surface area contributed by atoms with Gasteiger partial charge in [-0.25, -0.2) is 4.79 Å². The Morgan fingerprint density at radius 3 is 2.34 bits per heavy atom. The summed E-state index contributed by atoms with van der Waals surface area (Å²) < 4.78 is 10.5. The monoisotopic (exact) mass is 406 g/mol. The maximum Gasteiger partial charge on any atom is 0.407 e. The molecule has 1 aliphatic carbocycles. The molecule has 1 saturated carbocycles. The molecule has 8 nitrogen and oxygen atoms in total. The largest absolute Gasteiger partial charge is 0.508 e. The number of nitrogens with zero attached hydrogens (tertiary/aromatic N) is 1. The molecule has 0 saturated heterocycles. The van der Waals surface area contributed by atoms with Crippen LogP contribution >= 0.6 is 0 Å². The van der Waals surface area contributed by atoms with Gasteiger partial charge in [-0.15, -0.1) is 0 Å². The van der Waals surface area contributed by atoms with Crippen LogP contribution in [0.1, 0.15) is 52.0 Å². The number of alkyl carbamates (subject to hydrolysis) is 1. The fourth-order valence-electron chi connectivity index (χ4n) is 3.25. The molecule has 1 aromatic rings. The third-order valence-electron chi connectivity index (χ3n) is 4.75. The molecule has 0 unspecified atom stereocenters. The summed E-state index contributed by atoms with van der Waals surface area (Å²) in [6.45, 7) is 6.00. The fraction of sp³-hybridized carbons (Fsp3) is 0.619. The van der Waals surface area contributed by atoms with Crippen molar-refractivity contribution < 1.29 is 19.4 Å². The minimum absolute atomic E-state index is 0.131. The normalized spacial score (nSPS) is 20.0. The van der Waals surface area contributed by atoms with Gasteiger partial charge in [-0.05, 0) is 64.7 Å². The van der Waals surface area contributed by atoms with E-state index in [0.29, 0.717) is 18.3 Å². The van der Waals surface area contributed by atoms with Crippen molar-refractivity contribution in [2.24, 2.45) is 4.99 Å². The van der Waals surface area contributed by atoms with E-state index in [1.165, 1.54) is 0 Å². The standard InChI is InChI=1S/C21H34N4O4/c1-21(2,3)29-20(27)25-16-8-6-15(7-9-16)24-19(22-4)23-13-14-12-17(28-5)10-11-18(14)26/h10-12,15-16,26H,6-9,13H2,1-5H3,(H,25,27)(H2,22,23,24). The molecular formula is C21H34N4O4. The number of phenols is 1. The average Bonchev–Trinajstić information content (AvgIpc) is 2.66. The van der Waals surface area contributed by atoms with E-state index in [1.807, 2.05) is 20.8 Å². The number of rotatable bonds is 5. The summed E-state index contributed by atoms with van der Waals surface area (Å²) >= 11 is 0. The minimum atomic E-state index is -0.488. The van der Waals surface area contributed by atoms with Gasteiger partial charge in [0.2, 0.25) is 0 Å². The number of aliphatic imine (C=N–C) groups is 1. The predicted octanol–water partition coefficient (Wildman–Crippen LogP) is 2.90. The molecular weight excluding hydrogens is 372 g/mol. The van der Waals surface area contributed by atoms with Crippen LogP contribution in [0.5, 0.6) is 11.5 Å². The van der Waals surface area contributed by atoms with Crippen molar-refractivity contribution in [2.45, 2.75) is 70.7 Å². The van der Waals surface area contributed by atoms with Crippen molar-refractivity contribution in [1.29, 1.82) is 0 Å². The molecule has 8 heteroatoms. The molecule has 162 valence electrons. The molecule has 0 heterocycles. The van der Waals surface area contributed by atoms with Gasteiger partial charge >= 0.3 is 6.09 Å². The first-order valence-corrected chi connectivity index (χ1v) is 10.0. The van der Waals surface area contributed by atoms with Crippen LogP contribution in [0.15, 0.2) is 23.2 Å². The van der Waals surface area contributed by atoms with E-state index in [4.69, 9.17) is 9.47 Å². The number of carbonyl (C=O) groups excluding carboxylic acids is 1. The van der Waals surface area contributed by atoms with Crippen LogP contribution in [0.3, 0.4) is 0 Å². The summed E-state index contributed by atoms with van der Waals surface area (Å²) in [7, 11) is 3.31. The smallest absolute Gasteiger partial charge is 0.407 e. The molecule has 4 N–H and O–H groups in total. The van der Waals surface area contributed by atoms with E-state index in [1.54, 1.807) is 32.4 Å². The summed E-state index contributed by atoms with van der Waals surface area (Å²) in [5, 5.41) is 19.6. The number of hydrogen-bond donors (Lipinski definition) is 4. The van der Waals surface area contributed by atoms with Crippen molar-refractivity contribution in [3.05, 3.63) is 23.8 Å². The third kappa shape index (κ3) is 7.71. The van der Waals surface area contributed by atoms with Crippen LogP contribution < -0.4 is 20.7 Å². The SMILES string of the molecule is CN=C(NCc1cc(OC)ccc1O)NC1CCC(NC(=O)OC(C)(C)C)CC1. The summed E-state index contributed by atoms with van der Waals surface area (Å²) in [6, 6.07) is 5.53. The number of hydrogen-bond acceptors (Lipinski definition) is 5. The minimum Gasteiger partial charge on any atom is -0.508 e. The lowest BCUT2D eigenvalue weighted by Crippen LogP contribution is -2.47. The van der Waals surface area contributed by atoms with E-state index in [9.17, 15) is 9.90 Å². The maximum absolute atomic E-state index is 11.9. The van der Waals surface area contributed by atoms with E-state index in [2.05, 4.69) is 20.9 Å². The number of phenolic OH excluding ortho intramolecular Hbond substituents is 1. The Morgan fingerprint density at radius 1 is 1.17 bits per heavy atom. The van der Waals surface area contributed by atoms with Crippen LogP contribution in [0.4, 0.5) is 4.79 Å². The van der Waals surface area contributed by atoms with Gasteiger partial charge in [0.05, 0.1) is 7.11 Å². The second-order valence-electron chi connectivity index (χ2n) is 8.26. The maximum atomic E-state index is 11.9. The quantitative estimate of drug-likeness (QED) is 0.443. The molecule has 0 atom stereocenters. The highest BCUT2D eigenvalue weighted by Crippen LogP contribution is 2.23. The zero-order chi connectivity index (χ0) is 21.4. The fourth-order valence-corrected chi connectivity index (χ4v) is 3.25. The van der Waals surface area contributed by atoms with Gasteiger partial charge in [-0.1, -0.05) is 0 Å². The van der Waals surface area contributed by atoms with Crippen LogP contribution in [-0.4, -0.2) is 49.0 Å². The Morgan fingerprint density at radius 2 is 1.79 bits per heavy atom. The highest BCUT2D eigenvalue weighted by molar-refractivity contribution is 5.80. The Labute approximate surface area is 173 Å². The number of methoxy groups -OCH3 is 1. The van der Waals surface area contributed by atoms with Gasteiger partial charge in [0.15, 0.2) is 5.96 Å². The topological polar surface area (TPSA) is 104 Å². The molecule has 0 bridgehead atoms. The zero-order valence-electron chi connectivity index (χ0n) is 18.0. The lowest BCUT2D eigenvalue weighted by molar-refractivity contribution is 0.0490. The molecule has 2 rings (SSSR count). The summed E-state index contributed by atoms with van der Waals surface area (Å²) in [5.41, 5.74) is 0.246. The Kier molecular flexibility index (Phi) is 7.99. The van der Waals surface area contributed by atoms with E-state index in [0.717, 1.165) is 31.2 Å². The first kappa shape index (κ1) is 22.6. The van der Waals surface area contributed by atoms with Gasteiger partial charge in [0.1, 0.15) is 17.1 Å². The highest BCUT2D eigenvalue weighted by Gasteiger charge is 2.25. The van der Waals surface area contributed by atoms with Gasteiger partial charge < -0.3 is 30.5 Å². The second-order valence-corrected chi connectivity index (χ2v) is 8.26. The Hall–Kier alpha value is -2.64. The molecule has 0 radical (unpaired) electrons. The van der Waals surface area contributed by atoms with Crippen molar-refractivity contribution in [2.75, 3.05) is 14.2 Å². The zero-order valence-corrected chi connectivity index (χ0v) is 18.0. The number of guanidine groups is 1. The Balaban J connectivity index is 1.78. The first-order valence-electron chi connectivity index (χ1n) is 10.0. The lowest BCUT2D eigenvalue weighted by atomic mass is 9.91. The molecule has 1 aliphatic rings. The molecule has 1 fully saturated rings. The molecule has 1 aromatic carbocycles. The third-order valence-corrected chi connectivity index (χ3v) is 4.75. The number of ether oxygens (including phenoxy) is 2. The molecule has 1 amide bonds. The molecule has 0 spiro atoms. The van der Waals surface area contributed by atoms with E-state index >= 15 is 0 Å². The van der Waals surface area contributed by atoms with E-state index < -0.39 is 5.60 Å². The van der Waals surface area contributed by atoms with Gasteiger partial charge in [-0.3, -0.25) is 4.99 Å². The summed E-state index contributed by atoms with van der Waals surface area (Å²) in [4.78, 5) is 16.2. The predicted molar refractivity (Wildman–Crippen MR) is 113 cm³/mol. The van der Waals surface area contributed by atoms with Gasteiger partial charge in [0.25, 0.3) is 0 Å². The number of benzene rings is 1. The Bertz CT molecular complexity index is 707. The second kappa shape index (κ2) is 10.2. The van der Waals surface area contributed by atoms with Crippen molar-refractivity contribution in [3.63, 3.8) is 0 Å². The van der Waals surface area contributed by atoms with Crippen molar-refractivity contribution >= 4 is 12.1 Å². The van der Waals surface area contributed by atoms with Gasteiger partial charge in [-0.2, -0.15) is 0 Å². The highest BCUT2D eigenvalue weighted by atomic mass is 16.6. The summed E-state index contributed by atoms with van der Waals surface area (Å²) in [6.07, 6.45) is 3.25. The average molecular weight is 407 g/mol. The van der Waals surface area contributed by atoms with Crippen molar-refractivity contribution in [3.8, 4) is 11.5 Å².